The lowest BCUT2D eigenvalue weighted by Crippen LogP contribution is -2.14. The Hall–Kier alpha value is -1.56. The van der Waals surface area contributed by atoms with Gasteiger partial charge in [0.25, 0.3) is 0 Å². The number of carbonyl (C=O) groups is 2. The van der Waals surface area contributed by atoms with Crippen molar-refractivity contribution >= 4 is 23.4 Å². The van der Waals surface area contributed by atoms with Crippen molar-refractivity contribution < 1.29 is 23.1 Å². The summed E-state index contributed by atoms with van der Waals surface area (Å²) in [4.78, 5) is 25.7. The van der Waals surface area contributed by atoms with Gasteiger partial charge in [-0.15, -0.1) is 0 Å². The number of nitrogens with zero attached hydrogens (tertiary/aromatic N) is 1. The molecule has 0 aromatic carbocycles. The van der Waals surface area contributed by atoms with Gasteiger partial charge < -0.3 is 4.74 Å². The van der Waals surface area contributed by atoms with Crippen LogP contribution in [0.2, 0.25) is 5.02 Å². The summed E-state index contributed by atoms with van der Waals surface area (Å²) in [5.74, 6) is -4.07. The number of rotatable bonds is 4. The maximum Gasteiger partial charge on any atom is 0.313 e. The molecule has 0 aliphatic carbocycles. The topological polar surface area (TPSA) is 56.3 Å². The quantitative estimate of drug-likeness (QED) is 0.474. The number of ketones is 1. The Morgan fingerprint density at radius 2 is 2.12 bits per heavy atom. The molecule has 0 spiro atoms. The second kappa shape index (κ2) is 5.67. The number of carbonyl (C=O) groups excluding carboxylic acids is 2. The molecular formula is C10H8ClF2NO3. The van der Waals surface area contributed by atoms with Crippen LogP contribution < -0.4 is 0 Å². The summed E-state index contributed by atoms with van der Waals surface area (Å²) in [5.41, 5.74) is -0.676. The molecule has 1 heterocycles. The molecule has 0 N–H and O–H groups in total. The third-order valence-corrected chi connectivity index (χ3v) is 2.14. The Morgan fingerprint density at radius 3 is 2.71 bits per heavy atom. The fourth-order valence-corrected chi connectivity index (χ4v) is 1.20. The first-order chi connectivity index (χ1) is 7.97. The average molecular weight is 264 g/mol. The molecule has 0 fully saturated rings. The molecule has 0 aliphatic rings. The number of aromatic nitrogens is 1. The first-order valence-electron chi connectivity index (χ1n) is 4.65. The van der Waals surface area contributed by atoms with Gasteiger partial charge in [0.05, 0.1) is 12.8 Å². The van der Waals surface area contributed by atoms with E-state index in [9.17, 15) is 18.4 Å². The second-order valence-corrected chi connectivity index (χ2v) is 3.37. The summed E-state index contributed by atoms with van der Waals surface area (Å²) in [7, 11) is 0. The predicted octanol–water partition coefficient (Wildman–Crippen LogP) is 2.15. The van der Waals surface area contributed by atoms with Crippen molar-refractivity contribution in [2.24, 2.45) is 0 Å². The summed E-state index contributed by atoms with van der Waals surface area (Å²) >= 11 is 5.27. The van der Waals surface area contributed by atoms with Gasteiger partial charge in [0, 0.05) is 0 Å². The maximum atomic E-state index is 13.3. The molecule has 0 unspecified atom stereocenters. The number of pyridine rings is 1. The van der Waals surface area contributed by atoms with Crippen molar-refractivity contribution in [1.29, 1.82) is 0 Å². The van der Waals surface area contributed by atoms with Crippen molar-refractivity contribution in [3.05, 3.63) is 28.5 Å². The number of esters is 1. The molecular weight excluding hydrogens is 256 g/mol. The van der Waals surface area contributed by atoms with Crippen molar-refractivity contribution in [1.82, 2.24) is 4.98 Å². The normalized spacial score (nSPS) is 10.1. The molecule has 17 heavy (non-hydrogen) atoms. The summed E-state index contributed by atoms with van der Waals surface area (Å²) in [6.07, 6.45) is -0.0521. The minimum atomic E-state index is -1.28. The minimum absolute atomic E-state index is 0.103. The molecule has 0 bridgehead atoms. The van der Waals surface area contributed by atoms with Crippen molar-refractivity contribution in [2.75, 3.05) is 6.61 Å². The smallest absolute Gasteiger partial charge is 0.313 e. The van der Waals surface area contributed by atoms with Crippen LogP contribution in [0.1, 0.15) is 23.8 Å². The molecule has 4 nitrogen and oxygen atoms in total. The zero-order valence-electron chi connectivity index (χ0n) is 8.80. The van der Waals surface area contributed by atoms with Gasteiger partial charge in [-0.05, 0) is 6.92 Å². The van der Waals surface area contributed by atoms with Gasteiger partial charge in [0.1, 0.15) is 17.1 Å². The van der Waals surface area contributed by atoms with Gasteiger partial charge in [0.15, 0.2) is 17.4 Å². The molecule has 0 radical (unpaired) electrons. The third kappa shape index (κ3) is 3.20. The SMILES string of the molecule is CCOC(=O)CC(=O)c1ncc(F)c(Cl)c1F. The minimum Gasteiger partial charge on any atom is -0.466 e. The van der Waals surface area contributed by atoms with Crippen LogP contribution >= 0.6 is 11.6 Å². The van der Waals surface area contributed by atoms with Crippen molar-refractivity contribution in [2.45, 2.75) is 13.3 Å². The fourth-order valence-electron chi connectivity index (χ4n) is 1.06. The van der Waals surface area contributed by atoms with E-state index in [-0.39, 0.29) is 6.61 Å². The van der Waals surface area contributed by atoms with Crippen LogP contribution in [0.5, 0.6) is 0 Å². The van der Waals surface area contributed by atoms with Crippen LogP contribution in [0.25, 0.3) is 0 Å². The van der Waals surface area contributed by atoms with Gasteiger partial charge >= 0.3 is 5.97 Å². The number of hydrogen-bond acceptors (Lipinski definition) is 4. The molecule has 0 saturated heterocycles. The van der Waals surface area contributed by atoms with Crippen LogP contribution in [0.3, 0.4) is 0 Å². The molecule has 0 atom stereocenters. The van der Waals surface area contributed by atoms with Crippen LogP contribution in [0.15, 0.2) is 6.20 Å². The fraction of sp³-hybridized carbons (Fsp3) is 0.300. The lowest BCUT2D eigenvalue weighted by molar-refractivity contribution is -0.141. The van der Waals surface area contributed by atoms with E-state index in [4.69, 9.17) is 11.6 Å². The zero-order valence-corrected chi connectivity index (χ0v) is 9.55. The molecule has 0 saturated carbocycles. The lowest BCUT2D eigenvalue weighted by atomic mass is 10.2. The number of halogens is 3. The van der Waals surface area contributed by atoms with E-state index in [2.05, 4.69) is 9.72 Å². The van der Waals surface area contributed by atoms with Gasteiger partial charge in [-0.3, -0.25) is 9.59 Å². The zero-order chi connectivity index (χ0) is 13.0. The second-order valence-electron chi connectivity index (χ2n) is 2.99. The molecule has 92 valence electrons. The van der Waals surface area contributed by atoms with E-state index in [1.165, 1.54) is 0 Å². The maximum absolute atomic E-state index is 13.3. The highest BCUT2D eigenvalue weighted by Gasteiger charge is 2.21. The van der Waals surface area contributed by atoms with Gasteiger partial charge in [-0.2, -0.15) is 0 Å². The summed E-state index contributed by atoms with van der Waals surface area (Å²) in [5, 5.41) is -0.827. The first kappa shape index (κ1) is 13.5. The van der Waals surface area contributed by atoms with Crippen LogP contribution in [-0.2, 0) is 9.53 Å². The van der Waals surface area contributed by atoms with Crippen LogP contribution in [-0.4, -0.2) is 23.3 Å². The average Bonchev–Trinajstić information content (AvgIpc) is 2.26. The van der Waals surface area contributed by atoms with Gasteiger partial charge in [0.2, 0.25) is 0 Å². The Balaban J connectivity index is 2.90. The molecule has 0 amide bonds. The van der Waals surface area contributed by atoms with Crippen molar-refractivity contribution in [3.63, 3.8) is 0 Å². The Kier molecular flexibility index (Phi) is 4.51. The summed E-state index contributed by atoms with van der Waals surface area (Å²) in [6.45, 7) is 1.67. The van der Waals surface area contributed by atoms with Gasteiger partial charge in [-0.1, -0.05) is 11.6 Å². The molecule has 7 heteroatoms. The van der Waals surface area contributed by atoms with Crippen LogP contribution in [0.4, 0.5) is 8.78 Å². The largest absolute Gasteiger partial charge is 0.466 e. The summed E-state index contributed by atoms with van der Waals surface area (Å²) < 4.78 is 30.6. The van der Waals surface area contributed by atoms with E-state index in [1.54, 1.807) is 6.92 Å². The highest BCUT2D eigenvalue weighted by molar-refractivity contribution is 6.31. The Labute approximate surface area is 101 Å². The number of hydrogen-bond donors (Lipinski definition) is 0. The Bertz CT molecular complexity index is 465. The molecule has 1 aromatic rings. The highest BCUT2D eigenvalue weighted by Crippen LogP contribution is 2.20. The monoisotopic (exact) mass is 263 g/mol. The molecule has 0 aliphatic heterocycles. The predicted molar refractivity (Wildman–Crippen MR) is 54.7 cm³/mol. The van der Waals surface area contributed by atoms with Crippen molar-refractivity contribution in [3.8, 4) is 0 Å². The highest BCUT2D eigenvalue weighted by atomic mass is 35.5. The lowest BCUT2D eigenvalue weighted by Gasteiger charge is -2.03. The molecule has 1 rings (SSSR count). The molecule has 1 aromatic heterocycles. The van der Waals surface area contributed by atoms with Gasteiger partial charge in [-0.25, -0.2) is 13.8 Å². The summed E-state index contributed by atoms with van der Waals surface area (Å²) in [6, 6.07) is 0. The van der Waals surface area contributed by atoms with E-state index < -0.39 is 40.5 Å². The van der Waals surface area contributed by atoms with E-state index >= 15 is 0 Å². The number of ether oxygens (including phenoxy) is 1. The Morgan fingerprint density at radius 1 is 1.47 bits per heavy atom. The van der Waals surface area contributed by atoms with Crippen LogP contribution in [0, 0.1) is 11.6 Å². The third-order valence-electron chi connectivity index (χ3n) is 1.79. The van der Waals surface area contributed by atoms with E-state index in [0.29, 0.717) is 6.20 Å². The van der Waals surface area contributed by atoms with E-state index in [0.717, 1.165) is 0 Å². The number of Topliss-reactive ketones (excluding diaryl/α,β-unsaturated/α-hetero) is 1. The first-order valence-corrected chi connectivity index (χ1v) is 5.03. The van der Waals surface area contributed by atoms with E-state index in [1.807, 2.05) is 0 Å². The standard InChI is InChI=1S/C10H8ClF2NO3/c1-2-17-7(16)3-6(15)10-9(13)8(11)5(12)4-14-10/h4H,2-3H2,1H3.